The number of aliphatic hydroxyl groups is 1. The average molecular weight is 458 g/mol. The zero-order chi connectivity index (χ0) is 22.7. The summed E-state index contributed by atoms with van der Waals surface area (Å²) >= 11 is 1.21. The van der Waals surface area contributed by atoms with Crippen LogP contribution in [0.2, 0.25) is 0 Å². The van der Waals surface area contributed by atoms with Crippen molar-refractivity contribution in [2.75, 3.05) is 39.4 Å². The van der Waals surface area contributed by atoms with Gasteiger partial charge in [0.05, 0.1) is 34.6 Å². The fraction of sp³-hybridized carbons (Fsp3) is 0.364. The molecule has 0 aliphatic carbocycles. The minimum absolute atomic E-state index is 0.0377. The molecule has 1 aromatic heterocycles. The van der Waals surface area contributed by atoms with E-state index in [9.17, 15) is 24.8 Å². The summed E-state index contributed by atoms with van der Waals surface area (Å²) in [6.07, 6.45) is 0.630. The Bertz CT molecular complexity index is 1050. The van der Waals surface area contributed by atoms with Gasteiger partial charge in [-0.15, -0.1) is 11.3 Å². The Labute approximate surface area is 188 Å². The number of rotatable bonds is 8. The van der Waals surface area contributed by atoms with Crippen LogP contribution in [0.4, 0.5) is 5.69 Å². The summed E-state index contributed by atoms with van der Waals surface area (Å²) in [6, 6.07) is 8.33. The lowest BCUT2D eigenvalue weighted by Gasteiger charge is -2.29. The molecule has 1 N–H and O–H groups in total. The van der Waals surface area contributed by atoms with Crippen LogP contribution in [0.5, 0.6) is 0 Å². The number of Topliss-reactive ketones (excluding diaryl/α,β-unsaturated/α-hetero) is 1. The van der Waals surface area contributed by atoms with Crippen LogP contribution < -0.4 is 0 Å². The smallest absolute Gasteiger partial charge is 0.290 e. The number of ketones is 1. The minimum atomic E-state index is -0.887. The molecular weight excluding hydrogens is 434 g/mol. The fourth-order valence-electron chi connectivity index (χ4n) is 4.10. The van der Waals surface area contributed by atoms with Gasteiger partial charge in [-0.05, 0) is 23.4 Å². The highest BCUT2D eigenvalue weighted by molar-refractivity contribution is 7.12. The molecule has 0 unspecified atom stereocenters. The maximum absolute atomic E-state index is 13.2. The molecule has 1 saturated heterocycles. The monoisotopic (exact) mass is 457 g/mol. The third-order valence-electron chi connectivity index (χ3n) is 5.67. The zero-order valence-corrected chi connectivity index (χ0v) is 18.1. The Hall–Kier alpha value is -3.08. The Morgan fingerprint density at radius 2 is 2.00 bits per heavy atom. The van der Waals surface area contributed by atoms with Crippen LogP contribution in [0.25, 0.3) is 0 Å². The minimum Gasteiger partial charge on any atom is -0.503 e. The van der Waals surface area contributed by atoms with Gasteiger partial charge >= 0.3 is 0 Å². The van der Waals surface area contributed by atoms with Gasteiger partial charge in [-0.25, -0.2) is 0 Å². The van der Waals surface area contributed by atoms with E-state index in [0.717, 1.165) is 19.6 Å². The maximum atomic E-state index is 13.2. The molecule has 4 rings (SSSR count). The van der Waals surface area contributed by atoms with Crippen molar-refractivity contribution in [3.63, 3.8) is 0 Å². The molecule has 9 nitrogen and oxygen atoms in total. The van der Waals surface area contributed by atoms with E-state index in [-0.39, 0.29) is 11.3 Å². The summed E-state index contributed by atoms with van der Waals surface area (Å²) in [4.78, 5) is 41.0. The number of morpholine rings is 1. The molecule has 2 aromatic rings. The average Bonchev–Trinajstić information content (AvgIpc) is 3.43. The summed E-state index contributed by atoms with van der Waals surface area (Å²) in [7, 11) is 0. The van der Waals surface area contributed by atoms with E-state index in [1.165, 1.54) is 34.4 Å². The third-order valence-corrected chi connectivity index (χ3v) is 6.54. The number of thiophene rings is 1. The van der Waals surface area contributed by atoms with Crippen LogP contribution in [0.3, 0.4) is 0 Å². The van der Waals surface area contributed by atoms with E-state index in [0.29, 0.717) is 36.6 Å². The van der Waals surface area contributed by atoms with Crippen LogP contribution in [-0.2, 0) is 9.53 Å². The Morgan fingerprint density at radius 3 is 2.69 bits per heavy atom. The Morgan fingerprint density at radius 1 is 1.22 bits per heavy atom. The van der Waals surface area contributed by atoms with Crippen molar-refractivity contribution in [1.29, 1.82) is 0 Å². The number of aliphatic hydroxyl groups excluding tert-OH is 1. The number of ether oxygens (including phenoxy) is 1. The highest BCUT2D eigenvalue weighted by Crippen LogP contribution is 2.40. The lowest BCUT2D eigenvalue weighted by molar-refractivity contribution is -0.384. The number of carbonyl (C=O) groups excluding carboxylic acids is 2. The molecule has 32 heavy (non-hydrogen) atoms. The molecule has 1 amide bonds. The molecule has 1 fully saturated rings. The number of non-ortho nitro benzene ring substituents is 1. The molecule has 1 aromatic carbocycles. The molecule has 0 saturated carbocycles. The van der Waals surface area contributed by atoms with Crippen molar-refractivity contribution >= 4 is 28.7 Å². The standard InChI is InChI=1S/C22H23N3O6S/c26-20(17-6-2-13-32-17)18-19(15-4-1-5-16(14-15)25(29)30)24(22(28)21(18)27)8-3-7-23-9-11-31-12-10-23/h1-2,4-6,13-14,19,27H,3,7-12H2/t19-/m1/s1. The van der Waals surface area contributed by atoms with Gasteiger partial charge in [-0.1, -0.05) is 18.2 Å². The van der Waals surface area contributed by atoms with Crippen molar-refractivity contribution in [2.45, 2.75) is 12.5 Å². The number of amides is 1. The molecule has 1 atom stereocenters. The van der Waals surface area contributed by atoms with Gasteiger partial charge in [0.1, 0.15) is 0 Å². The van der Waals surface area contributed by atoms with Crippen LogP contribution in [0.1, 0.15) is 27.7 Å². The highest BCUT2D eigenvalue weighted by Gasteiger charge is 2.44. The maximum Gasteiger partial charge on any atom is 0.290 e. The summed E-state index contributed by atoms with van der Waals surface area (Å²) in [5.74, 6) is -1.67. The highest BCUT2D eigenvalue weighted by atomic mass is 32.1. The van der Waals surface area contributed by atoms with E-state index in [2.05, 4.69) is 4.90 Å². The number of hydrogen-bond acceptors (Lipinski definition) is 8. The van der Waals surface area contributed by atoms with Crippen molar-refractivity contribution in [3.05, 3.63) is 73.7 Å². The largest absolute Gasteiger partial charge is 0.503 e. The van der Waals surface area contributed by atoms with E-state index >= 15 is 0 Å². The van der Waals surface area contributed by atoms with Crippen molar-refractivity contribution < 1.29 is 24.4 Å². The molecule has 2 aliphatic rings. The van der Waals surface area contributed by atoms with Crippen molar-refractivity contribution in [1.82, 2.24) is 9.80 Å². The van der Waals surface area contributed by atoms with Crippen LogP contribution in [0.15, 0.2) is 53.1 Å². The molecule has 0 spiro atoms. The summed E-state index contributed by atoms with van der Waals surface area (Å²) in [5, 5.41) is 23.7. The van der Waals surface area contributed by atoms with Gasteiger partial charge in [0.25, 0.3) is 11.6 Å². The van der Waals surface area contributed by atoms with E-state index in [1.54, 1.807) is 23.6 Å². The second-order valence-electron chi connectivity index (χ2n) is 7.63. The Kier molecular flexibility index (Phi) is 6.63. The van der Waals surface area contributed by atoms with Gasteiger partial charge in [0.15, 0.2) is 5.76 Å². The summed E-state index contributed by atoms with van der Waals surface area (Å²) < 4.78 is 5.35. The first-order chi connectivity index (χ1) is 15.5. The van der Waals surface area contributed by atoms with Crippen molar-refractivity contribution in [2.24, 2.45) is 0 Å². The summed E-state index contributed by atoms with van der Waals surface area (Å²) in [5.41, 5.74) is 0.240. The number of carbonyl (C=O) groups is 2. The van der Waals surface area contributed by atoms with Crippen LogP contribution in [-0.4, -0.2) is 70.9 Å². The SMILES string of the molecule is O=C(C1=C(O)C(=O)N(CCCN2CCOCC2)[C@@H]1c1cccc([N+](=O)[O-])c1)c1cccs1. The van der Waals surface area contributed by atoms with Gasteiger partial charge in [-0.3, -0.25) is 24.6 Å². The van der Waals surface area contributed by atoms with Crippen LogP contribution in [0, 0.1) is 10.1 Å². The van der Waals surface area contributed by atoms with Gasteiger partial charge in [0, 0.05) is 38.3 Å². The number of nitro groups is 1. The number of nitrogens with zero attached hydrogens (tertiary/aromatic N) is 3. The zero-order valence-electron chi connectivity index (χ0n) is 17.3. The molecule has 10 heteroatoms. The van der Waals surface area contributed by atoms with Gasteiger partial charge in [0.2, 0.25) is 5.78 Å². The molecule has 0 radical (unpaired) electrons. The molecular formula is C22H23N3O6S. The van der Waals surface area contributed by atoms with Crippen LogP contribution >= 0.6 is 11.3 Å². The predicted molar refractivity (Wildman–Crippen MR) is 118 cm³/mol. The second-order valence-corrected chi connectivity index (χ2v) is 8.58. The number of hydrogen-bond donors (Lipinski definition) is 1. The first-order valence-electron chi connectivity index (χ1n) is 10.3. The van der Waals surface area contributed by atoms with Gasteiger partial charge < -0.3 is 14.7 Å². The number of nitro benzene ring substituents is 1. The lowest BCUT2D eigenvalue weighted by Crippen LogP contribution is -2.39. The number of benzene rings is 1. The Balaban J connectivity index is 1.64. The molecule has 3 heterocycles. The quantitative estimate of drug-likeness (QED) is 0.368. The first-order valence-corrected chi connectivity index (χ1v) is 11.2. The van der Waals surface area contributed by atoms with Crippen molar-refractivity contribution in [3.8, 4) is 0 Å². The molecule has 168 valence electrons. The van der Waals surface area contributed by atoms with E-state index in [4.69, 9.17) is 4.74 Å². The van der Waals surface area contributed by atoms with E-state index < -0.39 is 28.4 Å². The second kappa shape index (κ2) is 9.60. The summed E-state index contributed by atoms with van der Waals surface area (Å²) in [6.45, 7) is 4.00. The third kappa shape index (κ3) is 4.43. The predicted octanol–water partition coefficient (Wildman–Crippen LogP) is 2.96. The van der Waals surface area contributed by atoms with Gasteiger partial charge in [-0.2, -0.15) is 0 Å². The normalized spacial score (nSPS) is 19.6. The lowest BCUT2D eigenvalue weighted by atomic mass is 9.95. The molecule has 0 bridgehead atoms. The fourth-order valence-corrected chi connectivity index (χ4v) is 4.78. The first kappa shape index (κ1) is 22.1. The van der Waals surface area contributed by atoms with E-state index in [1.807, 2.05) is 0 Å². The topological polar surface area (TPSA) is 113 Å². The molecule has 2 aliphatic heterocycles.